The molecule has 1 saturated carbocycles. The smallest absolute Gasteiger partial charge is 0.207 e. The van der Waals surface area contributed by atoms with Crippen LogP contribution in [0.3, 0.4) is 0 Å². The minimum Gasteiger partial charge on any atom is -0.207 e. The second-order valence-electron chi connectivity index (χ2n) is 5.46. The van der Waals surface area contributed by atoms with Gasteiger partial charge in [-0.2, -0.15) is 0 Å². The van der Waals surface area contributed by atoms with E-state index in [1.807, 2.05) is 12.1 Å². The minimum absolute atomic E-state index is 0.0600. The Morgan fingerprint density at radius 3 is 2.79 bits per heavy atom. The summed E-state index contributed by atoms with van der Waals surface area (Å²) >= 11 is 7.00. The van der Waals surface area contributed by atoms with Gasteiger partial charge in [0.15, 0.2) is 0 Å². The Kier molecular flexibility index (Phi) is 5.41. The Bertz CT molecular complexity index is 420. The van der Waals surface area contributed by atoms with Crippen molar-refractivity contribution in [3.63, 3.8) is 0 Å². The van der Waals surface area contributed by atoms with E-state index in [9.17, 15) is 8.78 Å². The summed E-state index contributed by atoms with van der Waals surface area (Å²) in [6.45, 7) is 0. The molecule has 2 atom stereocenters. The van der Waals surface area contributed by atoms with E-state index in [0.717, 1.165) is 22.6 Å². The molecular formula is C15H18Br2F2. The van der Waals surface area contributed by atoms with Crippen LogP contribution in [0.25, 0.3) is 0 Å². The molecule has 2 rings (SSSR count). The van der Waals surface area contributed by atoms with Crippen molar-refractivity contribution < 1.29 is 8.78 Å². The Hall–Kier alpha value is 0.0400. The van der Waals surface area contributed by atoms with E-state index in [2.05, 4.69) is 44.0 Å². The van der Waals surface area contributed by atoms with Gasteiger partial charge < -0.3 is 0 Å². The van der Waals surface area contributed by atoms with E-state index in [0.29, 0.717) is 12.3 Å². The highest BCUT2D eigenvalue weighted by Crippen LogP contribution is 2.41. The summed E-state index contributed by atoms with van der Waals surface area (Å²) in [7, 11) is 0. The third kappa shape index (κ3) is 4.52. The summed E-state index contributed by atoms with van der Waals surface area (Å²) in [4.78, 5) is 0. The number of rotatable bonds is 4. The van der Waals surface area contributed by atoms with E-state index >= 15 is 0 Å². The standard InChI is InChI=1S/C15H18Br2F2/c16-10-13(12-4-1-5-14(17)8-12)7-11-3-2-6-15(18,19)9-11/h1,4-5,8,11,13H,2-3,6-7,9-10H2. The van der Waals surface area contributed by atoms with Crippen molar-refractivity contribution in [2.75, 3.05) is 5.33 Å². The highest BCUT2D eigenvalue weighted by atomic mass is 79.9. The Balaban J connectivity index is 2.03. The molecule has 0 nitrogen and oxygen atoms in total. The zero-order valence-corrected chi connectivity index (χ0v) is 13.9. The molecule has 0 aromatic heterocycles. The fourth-order valence-electron chi connectivity index (χ4n) is 2.93. The Morgan fingerprint density at radius 2 is 2.16 bits per heavy atom. The first kappa shape index (κ1) is 15.4. The Labute approximate surface area is 130 Å². The normalized spacial score (nSPS) is 24.1. The molecule has 19 heavy (non-hydrogen) atoms. The predicted molar refractivity (Wildman–Crippen MR) is 82.2 cm³/mol. The molecule has 1 aliphatic carbocycles. The lowest BCUT2D eigenvalue weighted by molar-refractivity contribution is -0.0541. The number of halogens is 4. The van der Waals surface area contributed by atoms with Crippen LogP contribution in [0.2, 0.25) is 0 Å². The summed E-state index contributed by atoms with van der Waals surface area (Å²) in [5.41, 5.74) is 1.22. The van der Waals surface area contributed by atoms with Crippen LogP contribution >= 0.6 is 31.9 Å². The molecule has 0 aliphatic heterocycles. The van der Waals surface area contributed by atoms with E-state index in [1.54, 1.807) is 0 Å². The predicted octanol–water partition coefficient (Wildman–Crippen LogP) is 6.14. The zero-order chi connectivity index (χ0) is 13.9. The molecule has 1 aromatic rings. The summed E-state index contributed by atoms with van der Waals surface area (Å²) in [6.07, 6.45) is 2.57. The van der Waals surface area contributed by atoms with Crippen LogP contribution in [0.1, 0.15) is 43.6 Å². The highest BCUT2D eigenvalue weighted by Gasteiger charge is 2.36. The summed E-state index contributed by atoms with van der Waals surface area (Å²) in [5, 5.41) is 0.825. The molecule has 106 valence electrons. The molecule has 0 N–H and O–H groups in total. The summed E-state index contributed by atoms with van der Waals surface area (Å²) < 4.78 is 28.0. The van der Waals surface area contributed by atoms with Gasteiger partial charge in [0.1, 0.15) is 0 Å². The van der Waals surface area contributed by atoms with Crippen molar-refractivity contribution in [2.45, 2.75) is 43.9 Å². The Morgan fingerprint density at radius 1 is 1.37 bits per heavy atom. The first-order chi connectivity index (χ1) is 9.00. The molecule has 0 radical (unpaired) electrons. The van der Waals surface area contributed by atoms with Gasteiger partial charge in [0, 0.05) is 22.6 Å². The van der Waals surface area contributed by atoms with Crippen molar-refractivity contribution in [1.29, 1.82) is 0 Å². The molecular weight excluding hydrogens is 378 g/mol. The van der Waals surface area contributed by atoms with Crippen LogP contribution in [0, 0.1) is 5.92 Å². The van der Waals surface area contributed by atoms with Gasteiger partial charge in [0.05, 0.1) is 0 Å². The van der Waals surface area contributed by atoms with E-state index in [4.69, 9.17) is 0 Å². The van der Waals surface area contributed by atoms with Crippen molar-refractivity contribution in [3.8, 4) is 0 Å². The first-order valence-electron chi connectivity index (χ1n) is 6.69. The largest absolute Gasteiger partial charge is 0.248 e. The van der Waals surface area contributed by atoms with Crippen LogP contribution < -0.4 is 0 Å². The van der Waals surface area contributed by atoms with Gasteiger partial charge in [0.2, 0.25) is 5.92 Å². The SMILES string of the molecule is FC1(F)CCCC(CC(CBr)c2cccc(Br)c2)C1. The molecule has 1 fully saturated rings. The van der Waals surface area contributed by atoms with Gasteiger partial charge in [-0.25, -0.2) is 8.78 Å². The van der Waals surface area contributed by atoms with Crippen molar-refractivity contribution in [3.05, 3.63) is 34.3 Å². The molecule has 0 spiro atoms. The molecule has 0 saturated heterocycles. The second kappa shape index (κ2) is 6.66. The topological polar surface area (TPSA) is 0 Å². The quantitative estimate of drug-likeness (QED) is 0.537. The monoisotopic (exact) mass is 394 g/mol. The van der Waals surface area contributed by atoms with Crippen molar-refractivity contribution in [1.82, 2.24) is 0 Å². The molecule has 1 aliphatic rings. The maximum Gasteiger partial charge on any atom is 0.248 e. The van der Waals surface area contributed by atoms with Gasteiger partial charge in [0.25, 0.3) is 0 Å². The van der Waals surface area contributed by atoms with Gasteiger partial charge in [-0.15, -0.1) is 0 Å². The fraction of sp³-hybridized carbons (Fsp3) is 0.600. The van der Waals surface area contributed by atoms with Gasteiger partial charge >= 0.3 is 0 Å². The van der Waals surface area contributed by atoms with Gasteiger partial charge in [-0.1, -0.05) is 44.0 Å². The zero-order valence-electron chi connectivity index (χ0n) is 10.7. The van der Waals surface area contributed by atoms with Crippen LogP contribution in [-0.4, -0.2) is 11.3 Å². The molecule has 1 aromatic carbocycles. The maximum atomic E-state index is 13.5. The summed E-state index contributed by atoms with van der Waals surface area (Å²) in [5.74, 6) is -1.99. The number of hydrogen-bond donors (Lipinski definition) is 0. The summed E-state index contributed by atoms with van der Waals surface area (Å²) in [6, 6.07) is 8.17. The lowest BCUT2D eigenvalue weighted by Crippen LogP contribution is -2.27. The van der Waals surface area contributed by atoms with Crippen LogP contribution in [0.15, 0.2) is 28.7 Å². The highest BCUT2D eigenvalue weighted by molar-refractivity contribution is 9.10. The van der Waals surface area contributed by atoms with Gasteiger partial charge in [-0.3, -0.25) is 0 Å². The minimum atomic E-state index is -2.45. The van der Waals surface area contributed by atoms with Crippen LogP contribution in [0.4, 0.5) is 8.78 Å². The van der Waals surface area contributed by atoms with Crippen molar-refractivity contribution >= 4 is 31.9 Å². The average molecular weight is 396 g/mol. The van der Waals surface area contributed by atoms with E-state index < -0.39 is 5.92 Å². The first-order valence-corrected chi connectivity index (χ1v) is 8.61. The van der Waals surface area contributed by atoms with Crippen molar-refractivity contribution in [2.24, 2.45) is 5.92 Å². The molecule has 2 unspecified atom stereocenters. The fourth-order valence-corrected chi connectivity index (χ4v) is 3.98. The lowest BCUT2D eigenvalue weighted by atomic mass is 9.80. The van der Waals surface area contributed by atoms with Gasteiger partial charge in [-0.05, 0) is 48.8 Å². The maximum absolute atomic E-state index is 13.5. The third-order valence-electron chi connectivity index (χ3n) is 3.87. The third-order valence-corrected chi connectivity index (χ3v) is 5.14. The number of hydrogen-bond acceptors (Lipinski definition) is 0. The second-order valence-corrected chi connectivity index (χ2v) is 7.02. The molecule has 0 heterocycles. The molecule has 4 heteroatoms. The number of benzene rings is 1. The average Bonchev–Trinajstić information content (AvgIpc) is 2.35. The lowest BCUT2D eigenvalue weighted by Gasteiger charge is -2.31. The number of alkyl halides is 3. The molecule has 0 bridgehead atoms. The van der Waals surface area contributed by atoms with E-state index in [-0.39, 0.29) is 18.8 Å². The van der Waals surface area contributed by atoms with Crippen LogP contribution in [-0.2, 0) is 0 Å². The van der Waals surface area contributed by atoms with E-state index in [1.165, 1.54) is 5.56 Å². The van der Waals surface area contributed by atoms with Crippen LogP contribution in [0.5, 0.6) is 0 Å². The molecule has 0 amide bonds.